The third-order valence-corrected chi connectivity index (χ3v) is 10.9. The zero-order valence-corrected chi connectivity index (χ0v) is 25.9. The number of carbonyl (C=O) groups excluding carboxylic acids is 3. The average molecular weight is 589 g/mol. The first-order chi connectivity index (χ1) is 20.5. The maximum Gasteiger partial charge on any atom is 0.481 e. The van der Waals surface area contributed by atoms with Crippen molar-refractivity contribution in [1.82, 2.24) is 10.2 Å². The maximum atomic E-state index is 13.7. The molecule has 4 N–H and O–H groups in total. The van der Waals surface area contributed by atoms with Crippen LogP contribution >= 0.6 is 0 Å². The molecule has 3 amide bonds. The number of nitrogens with zero attached hydrogens (tertiary/aromatic N) is 1. The summed E-state index contributed by atoms with van der Waals surface area (Å²) < 4.78 is 13.2. The number of nitrogens with one attached hydrogen (secondary N) is 2. The summed E-state index contributed by atoms with van der Waals surface area (Å²) in [7, 11) is -0.443. The zero-order chi connectivity index (χ0) is 30.5. The Morgan fingerprint density at radius 2 is 1.86 bits per heavy atom. The minimum Gasteiger partial charge on any atom is -0.404 e. The molecule has 10 heteroatoms. The van der Waals surface area contributed by atoms with Gasteiger partial charge in [-0.3, -0.25) is 14.4 Å². The van der Waals surface area contributed by atoms with E-state index in [1.54, 1.807) is 19.1 Å². The fraction of sp³-hybridized carbons (Fsp3) is 0.606. The molecule has 2 saturated heterocycles. The molecule has 0 spiro atoms. The molecule has 43 heavy (non-hydrogen) atoms. The molecule has 7 rings (SSSR count). The van der Waals surface area contributed by atoms with Crippen molar-refractivity contribution in [3.8, 4) is 0 Å². The van der Waals surface area contributed by atoms with Gasteiger partial charge in [-0.05, 0) is 93.7 Å². The first-order valence-electron chi connectivity index (χ1n) is 16.0. The summed E-state index contributed by atoms with van der Waals surface area (Å²) >= 11 is 0. The lowest BCUT2D eigenvalue weighted by Gasteiger charge is -2.64. The van der Waals surface area contributed by atoms with Gasteiger partial charge in [0.2, 0.25) is 11.8 Å². The molecular formula is C33H45BN4O5. The van der Waals surface area contributed by atoms with Gasteiger partial charge in [0.25, 0.3) is 5.91 Å². The highest BCUT2D eigenvalue weighted by Crippen LogP contribution is 2.66. The van der Waals surface area contributed by atoms with Gasteiger partial charge in [-0.15, -0.1) is 0 Å². The van der Waals surface area contributed by atoms with Crippen molar-refractivity contribution in [2.24, 2.45) is 23.0 Å². The standard InChI is InChI=1S/C33H45BN4O5/c1-20(36-30(40)24-14-15-25(23-11-6-5-10-22(23)24)37-29(39)13-7-8-16-35)31(41)38-17-9-12-28(38)34-42-27-19-21-18-26(32(21,2)3)33(27,4)43-34/h5-6,10-11,14-15,20-21,26-28H,7-9,12-13,16-19,35H2,1-4H3,(H,36,40)(H,37,39)/t20-,21+,26+,27?,28+,33+/m1/s1. The zero-order valence-electron chi connectivity index (χ0n) is 25.9. The Bertz CT molecular complexity index is 1420. The number of anilines is 1. The van der Waals surface area contributed by atoms with Crippen molar-refractivity contribution in [3.63, 3.8) is 0 Å². The van der Waals surface area contributed by atoms with Crippen molar-refractivity contribution < 1.29 is 23.7 Å². The predicted molar refractivity (Wildman–Crippen MR) is 167 cm³/mol. The molecule has 9 nitrogen and oxygen atoms in total. The lowest BCUT2D eigenvalue weighted by atomic mass is 9.43. The van der Waals surface area contributed by atoms with Crippen LogP contribution in [0.4, 0.5) is 5.69 Å². The van der Waals surface area contributed by atoms with Crippen LogP contribution in [0.3, 0.4) is 0 Å². The van der Waals surface area contributed by atoms with Gasteiger partial charge in [0.05, 0.1) is 17.6 Å². The maximum absolute atomic E-state index is 13.7. The van der Waals surface area contributed by atoms with E-state index in [2.05, 4.69) is 31.4 Å². The van der Waals surface area contributed by atoms with Crippen LogP contribution in [0.1, 0.15) is 83.0 Å². The van der Waals surface area contributed by atoms with Gasteiger partial charge in [-0.25, -0.2) is 0 Å². The SMILES string of the molecule is C[C@@H](NC(=O)c1ccc(NC(=O)CCCCN)c2ccccc12)C(=O)N1CCC[C@H]1B1OC2C[C@@H]3C[C@@H](C3(C)C)[C@]2(C)O1. The Kier molecular flexibility index (Phi) is 8.07. The van der Waals surface area contributed by atoms with E-state index in [0.29, 0.717) is 48.0 Å². The Morgan fingerprint density at radius 1 is 1.09 bits per heavy atom. The van der Waals surface area contributed by atoms with E-state index >= 15 is 0 Å². The van der Waals surface area contributed by atoms with Gasteiger partial charge in [0, 0.05) is 29.6 Å². The second kappa shape index (κ2) is 11.5. The summed E-state index contributed by atoms with van der Waals surface area (Å²) in [5, 5.41) is 7.40. The van der Waals surface area contributed by atoms with Crippen molar-refractivity contribution in [2.45, 2.75) is 96.3 Å². The third-order valence-electron chi connectivity index (χ3n) is 10.9. The van der Waals surface area contributed by atoms with Crippen LogP contribution in [0.15, 0.2) is 36.4 Å². The number of hydrogen-bond acceptors (Lipinski definition) is 6. The van der Waals surface area contributed by atoms with E-state index in [1.807, 2.05) is 29.2 Å². The monoisotopic (exact) mass is 588 g/mol. The number of nitrogens with two attached hydrogens (primary N) is 1. The molecule has 230 valence electrons. The summed E-state index contributed by atoms with van der Waals surface area (Å²) in [6.45, 7) is 9.80. The molecule has 0 radical (unpaired) electrons. The highest BCUT2D eigenvalue weighted by Gasteiger charge is 2.69. The predicted octanol–water partition coefficient (Wildman–Crippen LogP) is 4.28. The molecule has 2 aromatic carbocycles. The molecule has 2 aliphatic heterocycles. The van der Waals surface area contributed by atoms with E-state index in [0.717, 1.165) is 37.5 Å². The average Bonchev–Trinajstić information content (AvgIpc) is 3.61. The Hall–Kier alpha value is -2.95. The van der Waals surface area contributed by atoms with Crippen LogP contribution in [0.25, 0.3) is 10.8 Å². The molecule has 0 aromatic heterocycles. The Labute approximate surface area is 254 Å². The fourth-order valence-electron chi connectivity index (χ4n) is 8.25. The molecule has 2 heterocycles. The highest BCUT2D eigenvalue weighted by molar-refractivity contribution is 6.48. The largest absolute Gasteiger partial charge is 0.481 e. The number of unbranched alkanes of at least 4 members (excludes halogenated alkanes) is 1. The lowest BCUT2D eigenvalue weighted by molar-refractivity contribution is -0.199. The smallest absolute Gasteiger partial charge is 0.404 e. The number of carbonyl (C=O) groups is 3. The van der Waals surface area contributed by atoms with Gasteiger partial charge in [0.1, 0.15) is 6.04 Å². The Morgan fingerprint density at radius 3 is 2.60 bits per heavy atom. The minimum absolute atomic E-state index is 0.0657. The van der Waals surface area contributed by atoms with Gasteiger partial charge in [0.15, 0.2) is 0 Å². The second-order valence-electron chi connectivity index (χ2n) is 13.8. The van der Waals surface area contributed by atoms with Crippen LogP contribution in [-0.2, 0) is 18.9 Å². The van der Waals surface area contributed by atoms with Crippen LogP contribution < -0.4 is 16.4 Å². The van der Waals surface area contributed by atoms with Crippen molar-refractivity contribution in [2.75, 3.05) is 18.4 Å². The van der Waals surface area contributed by atoms with E-state index in [9.17, 15) is 14.4 Å². The van der Waals surface area contributed by atoms with Crippen LogP contribution in [0, 0.1) is 17.3 Å². The van der Waals surface area contributed by atoms with Crippen LogP contribution in [-0.4, -0.2) is 66.5 Å². The van der Waals surface area contributed by atoms with Gasteiger partial charge in [-0.2, -0.15) is 0 Å². The van der Waals surface area contributed by atoms with Crippen molar-refractivity contribution in [1.29, 1.82) is 0 Å². The van der Waals surface area contributed by atoms with Crippen molar-refractivity contribution >= 4 is 41.3 Å². The molecule has 5 aliphatic rings. The topological polar surface area (TPSA) is 123 Å². The summed E-state index contributed by atoms with van der Waals surface area (Å²) in [5.41, 5.74) is 6.59. The van der Waals surface area contributed by atoms with Gasteiger partial charge < -0.3 is 30.6 Å². The first-order valence-corrected chi connectivity index (χ1v) is 16.0. The molecule has 2 aromatic rings. The van der Waals surface area contributed by atoms with Crippen LogP contribution in [0.5, 0.6) is 0 Å². The molecular weight excluding hydrogens is 543 g/mol. The van der Waals surface area contributed by atoms with E-state index in [4.69, 9.17) is 15.0 Å². The minimum atomic E-state index is -0.722. The van der Waals surface area contributed by atoms with E-state index in [-0.39, 0.29) is 40.8 Å². The fourth-order valence-corrected chi connectivity index (χ4v) is 8.25. The third kappa shape index (κ3) is 5.25. The van der Waals surface area contributed by atoms with Gasteiger partial charge in [-0.1, -0.05) is 38.1 Å². The molecule has 3 aliphatic carbocycles. The summed E-state index contributed by atoms with van der Waals surface area (Å²) in [4.78, 5) is 41.6. The van der Waals surface area contributed by atoms with Crippen molar-refractivity contribution in [3.05, 3.63) is 42.0 Å². The molecule has 3 saturated carbocycles. The van der Waals surface area contributed by atoms with Gasteiger partial charge >= 0.3 is 7.12 Å². The summed E-state index contributed by atoms with van der Waals surface area (Å²) in [5.74, 6) is 0.420. The lowest BCUT2D eigenvalue weighted by Crippen LogP contribution is -2.65. The van der Waals surface area contributed by atoms with Crippen LogP contribution in [0.2, 0.25) is 0 Å². The molecule has 1 unspecified atom stereocenters. The summed E-state index contributed by atoms with van der Waals surface area (Å²) in [6.07, 6.45) is 5.87. The number of amides is 3. The number of benzene rings is 2. The first kappa shape index (κ1) is 30.1. The molecule has 6 atom stereocenters. The number of fused-ring (bicyclic) bond motifs is 1. The highest BCUT2D eigenvalue weighted by atomic mass is 16.7. The van der Waals surface area contributed by atoms with E-state index in [1.165, 1.54) is 6.42 Å². The number of hydrogen-bond donors (Lipinski definition) is 3. The molecule has 2 bridgehead atoms. The number of likely N-dealkylation sites (tertiary alicyclic amines) is 1. The number of rotatable bonds is 9. The normalized spacial score (nSPS) is 29.6. The molecule has 5 fully saturated rings. The summed E-state index contributed by atoms with van der Waals surface area (Å²) in [6, 6.07) is 10.2. The Balaban J connectivity index is 1.12. The van der Waals surface area contributed by atoms with E-state index < -0.39 is 13.2 Å². The second-order valence-corrected chi connectivity index (χ2v) is 13.8. The quantitative estimate of drug-likeness (QED) is 0.297.